The highest BCUT2D eigenvalue weighted by atomic mass is 35.5. The van der Waals surface area contributed by atoms with Crippen LogP contribution in [0.2, 0.25) is 0 Å². The van der Waals surface area contributed by atoms with E-state index in [4.69, 9.17) is 16.5 Å². The quantitative estimate of drug-likeness (QED) is 0.420. The Kier molecular flexibility index (Phi) is 1.89. The van der Waals surface area contributed by atoms with E-state index in [2.05, 4.69) is 17.5 Å². The summed E-state index contributed by atoms with van der Waals surface area (Å²) in [5, 5.41) is 0.153. The molecule has 2 rings (SSSR count). The summed E-state index contributed by atoms with van der Waals surface area (Å²) >= 11 is 6.06. The summed E-state index contributed by atoms with van der Waals surface area (Å²) in [7, 11) is 0. The van der Waals surface area contributed by atoms with Crippen molar-refractivity contribution < 1.29 is 4.94 Å². The first kappa shape index (κ1) is 7.55. The summed E-state index contributed by atoms with van der Waals surface area (Å²) in [6.07, 6.45) is 1.98. The number of fused-ring (bicyclic) bond motifs is 1. The summed E-state index contributed by atoms with van der Waals surface area (Å²) in [5.41, 5.74) is 6.86. The van der Waals surface area contributed by atoms with E-state index in [-0.39, 0.29) is 17.5 Å². The Hall–Kier alpha value is -0.0900. The van der Waals surface area contributed by atoms with E-state index in [0.29, 0.717) is 0 Å². The molecular weight excluding hydrogens is 164 g/mol. The van der Waals surface area contributed by atoms with Crippen molar-refractivity contribution in [2.75, 3.05) is 0 Å². The van der Waals surface area contributed by atoms with Crippen LogP contribution in [0.1, 0.15) is 12.8 Å². The summed E-state index contributed by atoms with van der Waals surface area (Å²) < 4.78 is 0. The first-order valence-corrected chi connectivity index (χ1v) is 4.21. The standard InChI is InChI=1S/C7H11ClN2O/c1-4-2-3-5(8)7-6(4)9-11-10-7/h5-7,9-10H,1-3H2. The Morgan fingerprint density at radius 2 is 2.36 bits per heavy atom. The zero-order chi connectivity index (χ0) is 7.84. The van der Waals surface area contributed by atoms with Crippen LogP contribution in [0.25, 0.3) is 0 Å². The molecule has 3 atom stereocenters. The number of hydrogen-bond donors (Lipinski definition) is 2. The van der Waals surface area contributed by atoms with Gasteiger partial charge in [0, 0.05) is 0 Å². The van der Waals surface area contributed by atoms with Gasteiger partial charge in [-0.2, -0.15) is 11.0 Å². The summed E-state index contributed by atoms with van der Waals surface area (Å²) in [6, 6.07) is 0.393. The zero-order valence-corrected chi connectivity index (χ0v) is 6.90. The van der Waals surface area contributed by atoms with Crippen LogP contribution in [-0.2, 0) is 4.94 Å². The molecule has 0 amide bonds. The largest absolute Gasteiger partial charge is 0.213 e. The number of nitrogens with one attached hydrogen (secondary N) is 2. The first-order valence-electron chi connectivity index (χ1n) is 3.77. The number of rotatable bonds is 0. The van der Waals surface area contributed by atoms with Crippen LogP contribution < -0.4 is 11.0 Å². The van der Waals surface area contributed by atoms with Crippen LogP contribution in [0.3, 0.4) is 0 Å². The Labute approximate surface area is 70.7 Å². The number of alkyl halides is 1. The van der Waals surface area contributed by atoms with Gasteiger partial charge in [-0.1, -0.05) is 12.2 Å². The Morgan fingerprint density at radius 3 is 3.09 bits per heavy atom. The lowest BCUT2D eigenvalue weighted by molar-refractivity contribution is 0.0113. The molecule has 3 nitrogen and oxygen atoms in total. The van der Waals surface area contributed by atoms with Crippen LogP contribution in [-0.4, -0.2) is 17.5 Å². The molecule has 3 unspecified atom stereocenters. The van der Waals surface area contributed by atoms with Gasteiger partial charge in [0.25, 0.3) is 0 Å². The lowest BCUT2D eigenvalue weighted by atomic mass is 9.87. The minimum absolute atomic E-state index is 0.153. The molecule has 1 saturated heterocycles. The molecule has 4 heteroatoms. The van der Waals surface area contributed by atoms with Gasteiger partial charge in [-0.3, -0.25) is 0 Å². The molecule has 0 aromatic rings. The molecule has 1 aliphatic heterocycles. The molecule has 1 saturated carbocycles. The summed E-state index contributed by atoms with van der Waals surface area (Å²) in [6.45, 7) is 3.95. The number of halogens is 1. The van der Waals surface area contributed by atoms with Crippen molar-refractivity contribution in [2.45, 2.75) is 30.3 Å². The first-order chi connectivity index (χ1) is 5.29. The molecule has 0 bridgehead atoms. The number of hydroxylamine groups is 2. The summed E-state index contributed by atoms with van der Waals surface area (Å²) in [4.78, 5) is 4.89. The molecule has 0 aromatic carbocycles. The maximum absolute atomic E-state index is 6.06. The minimum atomic E-state index is 0.153. The van der Waals surface area contributed by atoms with Crippen LogP contribution in [0, 0.1) is 0 Å². The van der Waals surface area contributed by atoms with Gasteiger partial charge >= 0.3 is 0 Å². The van der Waals surface area contributed by atoms with Crippen molar-refractivity contribution in [3.63, 3.8) is 0 Å². The molecule has 1 aliphatic carbocycles. The maximum Gasteiger partial charge on any atom is 0.0739 e. The molecule has 2 N–H and O–H groups in total. The van der Waals surface area contributed by atoms with Crippen LogP contribution >= 0.6 is 11.6 Å². The fourth-order valence-electron chi connectivity index (χ4n) is 1.59. The molecule has 11 heavy (non-hydrogen) atoms. The second-order valence-electron chi connectivity index (χ2n) is 3.05. The van der Waals surface area contributed by atoms with Gasteiger partial charge in [0.1, 0.15) is 0 Å². The van der Waals surface area contributed by atoms with E-state index in [1.807, 2.05) is 0 Å². The van der Waals surface area contributed by atoms with Crippen molar-refractivity contribution in [3.05, 3.63) is 12.2 Å². The third-order valence-corrected chi connectivity index (χ3v) is 2.80. The minimum Gasteiger partial charge on any atom is -0.213 e. The molecule has 2 aliphatic rings. The van der Waals surface area contributed by atoms with E-state index in [9.17, 15) is 0 Å². The van der Waals surface area contributed by atoms with Gasteiger partial charge in [-0.15, -0.1) is 11.6 Å². The van der Waals surface area contributed by atoms with Gasteiger partial charge in [0.05, 0.1) is 17.5 Å². The van der Waals surface area contributed by atoms with Crippen molar-refractivity contribution in [1.82, 2.24) is 11.0 Å². The van der Waals surface area contributed by atoms with Gasteiger partial charge in [-0.25, -0.2) is 4.94 Å². The Morgan fingerprint density at radius 1 is 1.55 bits per heavy atom. The molecule has 0 radical (unpaired) electrons. The molecule has 2 fully saturated rings. The molecule has 0 spiro atoms. The summed E-state index contributed by atoms with van der Waals surface area (Å²) in [5.74, 6) is 0. The molecule has 62 valence electrons. The third kappa shape index (κ3) is 1.18. The predicted molar refractivity (Wildman–Crippen MR) is 42.9 cm³/mol. The predicted octanol–water partition coefficient (Wildman–Crippen LogP) is 0.720. The van der Waals surface area contributed by atoms with E-state index in [0.717, 1.165) is 12.8 Å². The average Bonchev–Trinajstić information content (AvgIpc) is 2.45. The number of hydrogen-bond acceptors (Lipinski definition) is 3. The smallest absolute Gasteiger partial charge is 0.0739 e. The van der Waals surface area contributed by atoms with Crippen molar-refractivity contribution >= 4 is 11.6 Å². The van der Waals surface area contributed by atoms with Gasteiger partial charge in [-0.05, 0) is 12.8 Å². The van der Waals surface area contributed by atoms with Gasteiger partial charge < -0.3 is 0 Å². The highest BCUT2D eigenvalue weighted by Crippen LogP contribution is 2.28. The fraction of sp³-hybridized carbons (Fsp3) is 0.714. The lowest BCUT2D eigenvalue weighted by Gasteiger charge is -2.28. The van der Waals surface area contributed by atoms with E-state index >= 15 is 0 Å². The second kappa shape index (κ2) is 2.75. The molecule has 0 aromatic heterocycles. The zero-order valence-electron chi connectivity index (χ0n) is 6.14. The highest BCUT2D eigenvalue weighted by molar-refractivity contribution is 6.21. The Bertz CT molecular complexity index is 185. The van der Waals surface area contributed by atoms with Gasteiger partial charge in [0.15, 0.2) is 0 Å². The Balaban J connectivity index is 2.14. The maximum atomic E-state index is 6.06. The molecule has 1 heterocycles. The second-order valence-corrected chi connectivity index (χ2v) is 3.61. The highest BCUT2D eigenvalue weighted by Gasteiger charge is 2.38. The van der Waals surface area contributed by atoms with Gasteiger partial charge in [0.2, 0.25) is 0 Å². The van der Waals surface area contributed by atoms with E-state index in [1.165, 1.54) is 5.57 Å². The van der Waals surface area contributed by atoms with Crippen molar-refractivity contribution in [1.29, 1.82) is 0 Å². The average molecular weight is 175 g/mol. The van der Waals surface area contributed by atoms with Crippen molar-refractivity contribution in [3.8, 4) is 0 Å². The fourth-order valence-corrected chi connectivity index (χ4v) is 1.89. The lowest BCUT2D eigenvalue weighted by Crippen LogP contribution is -2.45. The monoisotopic (exact) mass is 174 g/mol. The third-order valence-electron chi connectivity index (χ3n) is 2.31. The normalized spacial score (nSPS) is 44.1. The van der Waals surface area contributed by atoms with Crippen LogP contribution in [0.15, 0.2) is 12.2 Å². The SMILES string of the molecule is C=C1CCC(Cl)C2NONC12. The van der Waals surface area contributed by atoms with Crippen LogP contribution in [0.5, 0.6) is 0 Å². The van der Waals surface area contributed by atoms with E-state index in [1.54, 1.807) is 0 Å². The van der Waals surface area contributed by atoms with Crippen LogP contribution in [0.4, 0.5) is 0 Å². The topological polar surface area (TPSA) is 33.3 Å². The van der Waals surface area contributed by atoms with E-state index < -0.39 is 0 Å². The molecular formula is C7H11ClN2O. The van der Waals surface area contributed by atoms with Crippen molar-refractivity contribution in [2.24, 2.45) is 0 Å².